The molecule has 3 aromatic heterocycles. The van der Waals surface area contributed by atoms with Gasteiger partial charge in [0.25, 0.3) is 5.91 Å². The number of halogens is 1. The van der Waals surface area contributed by atoms with Gasteiger partial charge in [0.1, 0.15) is 11.4 Å². The lowest BCUT2D eigenvalue weighted by molar-refractivity contribution is -0.124. The van der Waals surface area contributed by atoms with Gasteiger partial charge in [-0.25, -0.2) is 14.8 Å². The van der Waals surface area contributed by atoms with Crippen molar-refractivity contribution in [3.8, 4) is 22.9 Å². The minimum absolute atomic E-state index is 0.258. The molecule has 5 aromatic rings. The number of aromatic nitrogens is 2. The maximum Gasteiger partial charge on any atom is 0.338 e. The Morgan fingerprint density at radius 2 is 1.56 bits per heavy atom. The number of benzene rings is 2. The summed E-state index contributed by atoms with van der Waals surface area (Å²) in [6.45, 7) is 1.78. The van der Waals surface area contributed by atoms with E-state index in [2.05, 4.69) is 27.9 Å². The summed E-state index contributed by atoms with van der Waals surface area (Å²) in [6.07, 6.45) is 2.49. The number of furan rings is 2. The lowest BCUT2D eigenvalue weighted by Gasteiger charge is -2.16. The van der Waals surface area contributed by atoms with E-state index in [0.29, 0.717) is 46.0 Å². The Balaban J connectivity index is 1.41. The number of rotatable bonds is 7. The van der Waals surface area contributed by atoms with Crippen LogP contribution in [0.25, 0.3) is 33.9 Å². The molecule has 0 saturated carbocycles. The van der Waals surface area contributed by atoms with Crippen molar-refractivity contribution in [2.24, 2.45) is 0 Å². The fourth-order valence-corrected chi connectivity index (χ4v) is 3.99. The van der Waals surface area contributed by atoms with Crippen LogP contribution < -0.4 is 5.32 Å². The molecule has 0 spiro atoms. The summed E-state index contributed by atoms with van der Waals surface area (Å²) in [7, 11) is 0. The lowest BCUT2D eigenvalue weighted by atomic mass is 10.1. The van der Waals surface area contributed by atoms with Gasteiger partial charge in [-0.2, -0.15) is 0 Å². The summed E-state index contributed by atoms with van der Waals surface area (Å²) >= 11 is 2.19. The Hall–Kier alpha value is -3.99. The van der Waals surface area contributed by atoms with Gasteiger partial charge in [0.05, 0.1) is 29.1 Å². The van der Waals surface area contributed by atoms with Gasteiger partial charge in [0, 0.05) is 9.26 Å². The highest BCUT2D eigenvalue weighted by molar-refractivity contribution is 14.1. The smallest absolute Gasteiger partial charge is 0.338 e. The van der Waals surface area contributed by atoms with Gasteiger partial charge in [-0.1, -0.05) is 6.92 Å². The summed E-state index contributed by atoms with van der Waals surface area (Å²) in [5, 5.41) is 2.79. The van der Waals surface area contributed by atoms with Crippen LogP contribution in [0.4, 0.5) is 5.69 Å². The molecule has 0 saturated heterocycles. The van der Waals surface area contributed by atoms with Crippen LogP contribution in [0.2, 0.25) is 0 Å². The Morgan fingerprint density at radius 3 is 2.14 bits per heavy atom. The van der Waals surface area contributed by atoms with Gasteiger partial charge in [0.2, 0.25) is 0 Å². The summed E-state index contributed by atoms with van der Waals surface area (Å²) in [4.78, 5) is 35.1. The molecule has 2 aromatic carbocycles. The van der Waals surface area contributed by atoms with Crippen molar-refractivity contribution in [1.29, 1.82) is 0 Å². The molecule has 5 rings (SSSR count). The number of carbonyl (C=O) groups is 2. The van der Waals surface area contributed by atoms with Crippen LogP contribution in [0.3, 0.4) is 0 Å². The quantitative estimate of drug-likeness (QED) is 0.174. The van der Waals surface area contributed by atoms with Crippen molar-refractivity contribution >= 4 is 51.2 Å². The number of esters is 1. The summed E-state index contributed by atoms with van der Waals surface area (Å²) in [5.41, 5.74) is 2.94. The van der Waals surface area contributed by atoms with Crippen molar-refractivity contribution < 1.29 is 23.2 Å². The van der Waals surface area contributed by atoms with E-state index in [1.165, 1.54) is 0 Å². The largest absolute Gasteiger partial charge is 0.463 e. The number of nitrogens with zero attached hydrogens (tertiary/aromatic N) is 2. The molecule has 0 radical (unpaired) electrons. The van der Waals surface area contributed by atoms with Crippen molar-refractivity contribution in [1.82, 2.24) is 9.97 Å². The van der Waals surface area contributed by atoms with E-state index in [9.17, 15) is 9.59 Å². The number of fused-ring (bicyclic) bond motifs is 1. The Morgan fingerprint density at radius 1 is 0.917 bits per heavy atom. The maximum absolute atomic E-state index is 12.9. The molecule has 1 N–H and O–H groups in total. The predicted molar refractivity (Wildman–Crippen MR) is 142 cm³/mol. The lowest BCUT2D eigenvalue weighted by Crippen LogP contribution is -2.32. The summed E-state index contributed by atoms with van der Waals surface area (Å²) in [5.74, 6) is 0.0418. The fraction of sp³-hybridized carbons (Fsp3) is 0.111. The summed E-state index contributed by atoms with van der Waals surface area (Å²) < 4.78 is 17.7. The first-order valence-electron chi connectivity index (χ1n) is 11.2. The van der Waals surface area contributed by atoms with Crippen LogP contribution in [0.1, 0.15) is 23.7 Å². The highest BCUT2D eigenvalue weighted by Crippen LogP contribution is 2.31. The molecule has 180 valence electrons. The number of anilines is 1. The zero-order valence-corrected chi connectivity index (χ0v) is 21.3. The topological polar surface area (TPSA) is 107 Å². The highest BCUT2D eigenvalue weighted by Gasteiger charge is 2.23. The van der Waals surface area contributed by atoms with Gasteiger partial charge < -0.3 is 18.9 Å². The molecule has 8 nitrogen and oxygen atoms in total. The van der Waals surface area contributed by atoms with Gasteiger partial charge >= 0.3 is 5.97 Å². The number of amides is 1. The molecular formula is C27H20IN3O5. The number of hydrogen-bond acceptors (Lipinski definition) is 7. The molecule has 0 bridgehead atoms. The van der Waals surface area contributed by atoms with Crippen LogP contribution in [0.5, 0.6) is 0 Å². The molecule has 3 heterocycles. The zero-order chi connectivity index (χ0) is 25.1. The first kappa shape index (κ1) is 23.7. The Labute approximate surface area is 219 Å². The van der Waals surface area contributed by atoms with E-state index in [4.69, 9.17) is 23.5 Å². The van der Waals surface area contributed by atoms with E-state index in [-0.39, 0.29) is 5.56 Å². The van der Waals surface area contributed by atoms with Gasteiger partial charge in [-0.3, -0.25) is 4.79 Å². The fourth-order valence-electron chi connectivity index (χ4n) is 3.63. The zero-order valence-electron chi connectivity index (χ0n) is 19.1. The predicted octanol–water partition coefficient (Wildman–Crippen LogP) is 6.33. The first-order chi connectivity index (χ1) is 17.5. The number of carbonyl (C=O) groups excluding carboxylic acids is 2. The molecule has 0 fully saturated rings. The second-order valence-corrected chi connectivity index (χ2v) is 9.12. The molecule has 1 amide bonds. The van der Waals surface area contributed by atoms with E-state index in [1.54, 1.807) is 74.0 Å². The van der Waals surface area contributed by atoms with E-state index < -0.39 is 18.0 Å². The van der Waals surface area contributed by atoms with E-state index >= 15 is 0 Å². The minimum Gasteiger partial charge on any atom is -0.463 e. The molecule has 36 heavy (non-hydrogen) atoms. The van der Waals surface area contributed by atoms with Crippen LogP contribution in [0, 0.1) is 3.57 Å². The monoisotopic (exact) mass is 593 g/mol. The molecule has 0 aliphatic heterocycles. The molecule has 0 aliphatic rings. The molecular weight excluding hydrogens is 573 g/mol. The van der Waals surface area contributed by atoms with E-state index in [1.807, 2.05) is 12.1 Å². The summed E-state index contributed by atoms with van der Waals surface area (Å²) in [6, 6.07) is 19.3. The second-order valence-electron chi connectivity index (χ2n) is 7.88. The van der Waals surface area contributed by atoms with Gasteiger partial charge in [-0.05, 0) is 95.7 Å². The first-order valence-corrected chi connectivity index (χ1v) is 12.3. The number of hydrogen-bond donors (Lipinski definition) is 1. The average molecular weight is 593 g/mol. The molecule has 9 heteroatoms. The normalized spacial score (nSPS) is 11.8. The Kier molecular flexibility index (Phi) is 6.81. The van der Waals surface area contributed by atoms with Crippen LogP contribution in [0.15, 0.2) is 88.1 Å². The van der Waals surface area contributed by atoms with Crippen LogP contribution in [-0.2, 0) is 9.53 Å². The van der Waals surface area contributed by atoms with Crippen molar-refractivity contribution in [3.63, 3.8) is 0 Å². The minimum atomic E-state index is -0.946. The second kappa shape index (κ2) is 10.3. The van der Waals surface area contributed by atoms with Crippen LogP contribution in [-0.4, -0.2) is 27.9 Å². The van der Waals surface area contributed by atoms with E-state index in [0.717, 1.165) is 3.57 Å². The third kappa shape index (κ3) is 5.01. The molecule has 0 aliphatic carbocycles. The van der Waals surface area contributed by atoms with Crippen molar-refractivity contribution in [2.45, 2.75) is 19.4 Å². The SMILES string of the molecule is CCC(OC(=O)c1ccc2nc(-c3ccco3)c(-c3ccco3)nc2c1)C(=O)Nc1ccc(I)cc1. The van der Waals surface area contributed by atoms with Crippen LogP contribution >= 0.6 is 22.6 Å². The third-order valence-electron chi connectivity index (χ3n) is 5.43. The standard InChI is InChI=1S/C27H20IN3O5/c1-2-21(26(32)29-18-10-8-17(28)9-11-18)36-27(33)16-7-12-19-20(15-16)31-25(23-6-4-14-35-23)24(30-19)22-5-3-13-34-22/h3-15,21H,2H2,1H3,(H,29,32). The highest BCUT2D eigenvalue weighted by atomic mass is 127. The average Bonchev–Trinajstić information content (AvgIpc) is 3.62. The van der Waals surface area contributed by atoms with Gasteiger partial charge in [0.15, 0.2) is 17.6 Å². The molecule has 1 atom stereocenters. The van der Waals surface area contributed by atoms with Crippen molar-refractivity contribution in [3.05, 3.63) is 88.4 Å². The van der Waals surface area contributed by atoms with Crippen molar-refractivity contribution in [2.75, 3.05) is 5.32 Å². The number of ether oxygens (including phenoxy) is 1. The Bertz CT molecular complexity index is 1510. The molecule has 1 unspecified atom stereocenters. The van der Waals surface area contributed by atoms with Gasteiger partial charge in [-0.15, -0.1) is 0 Å². The maximum atomic E-state index is 12.9. The number of nitrogens with one attached hydrogen (secondary N) is 1. The third-order valence-corrected chi connectivity index (χ3v) is 6.15.